The molecule has 0 aromatic heterocycles. The minimum atomic E-state index is -0.770. The first-order valence-electron chi connectivity index (χ1n) is 10.8. The van der Waals surface area contributed by atoms with Crippen molar-refractivity contribution in [3.8, 4) is 5.75 Å². The van der Waals surface area contributed by atoms with E-state index in [-0.39, 0.29) is 37.2 Å². The highest BCUT2D eigenvalue weighted by Gasteiger charge is 2.36. The highest BCUT2D eigenvalue weighted by Crippen LogP contribution is 2.34. The number of anilines is 1. The number of carbonyl (C=O) groups excluding carboxylic acids is 3. The highest BCUT2D eigenvalue weighted by atomic mass is 16.5. The zero-order valence-electron chi connectivity index (χ0n) is 18.1. The van der Waals surface area contributed by atoms with Gasteiger partial charge >= 0.3 is 0 Å². The average Bonchev–Trinajstić information content (AvgIpc) is 2.83. The Balaban J connectivity index is 1.41. The van der Waals surface area contributed by atoms with Crippen molar-refractivity contribution in [3.63, 3.8) is 0 Å². The van der Waals surface area contributed by atoms with Crippen molar-refractivity contribution in [2.45, 2.75) is 19.4 Å². The van der Waals surface area contributed by atoms with E-state index in [1.165, 1.54) is 0 Å². The Bertz CT molecular complexity index is 1000. The number of carbonyl (C=O) groups is 3. The molecule has 0 saturated carbocycles. The van der Waals surface area contributed by atoms with E-state index < -0.39 is 6.10 Å². The number of ether oxygens (including phenoxy) is 2. The van der Waals surface area contributed by atoms with E-state index in [0.717, 1.165) is 5.56 Å². The Morgan fingerprint density at radius 1 is 1.03 bits per heavy atom. The van der Waals surface area contributed by atoms with Crippen LogP contribution in [0.2, 0.25) is 0 Å². The van der Waals surface area contributed by atoms with E-state index in [4.69, 9.17) is 9.47 Å². The Kier molecular flexibility index (Phi) is 6.70. The molecule has 2 aliphatic heterocycles. The van der Waals surface area contributed by atoms with Gasteiger partial charge in [0.2, 0.25) is 5.91 Å². The van der Waals surface area contributed by atoms with E-state index >= 15 is 0 Å². The number of benzene rings is 2. The molecule has 0 aliphatic carbocycles. The number of nitrogens with zero attached hydrogens (tertiary/aromatic N) is 2. The molecule has 8 heteroatoms. The zero-order valence-corrected chi connectivity index (χ0v) is 18.1. The lowest BCUT2D eigenvalue weighted by Crippen LogP contribution is -2.54. The molecule has 168 valence electrons. The number of hydrogen-bond donors (Lipinski definition) is 1. The van der Waals surface area contributed by atoms with Crippen LogP contribution in [0.15, 0.2) is 48.5 Å². The van der Waals surface area contributed by atoms with Gasteiger partial charge in [-0.25, -0.2) is 0 Å². The fourth-order valence-electron chi connectivity index (χ4n) is 3.93. The maximum Gasteiger partial charge on any atom is 0.265 e. The maximum absolute atomic E-state index is 13.1. The molecule has 0 bridgehead atoms. The minimum absolute atomic E-state index is 0.115. The van der Waals surface area contributed by atoms with Crippen LogP contribution in [0.3, 0.4) is 0 Å². The molecule has 1 N–H and O–H groups in total. The molecule has 0 radical (unpaired) electrons. The molecule has 0 unspecified atom stereocenters. The van der Waals surface area contributed by atoms with Crippen LogP contribution < -0.4 is 15.0 Å². The van der Waals surface area contributed by atoms with Crippen LogP contribution in [0.5, 0.6) is 5.75 Å². The number of hydrogen-bond acceptors (Lipinski definition) is 5. The second kappa shape index (κ2) is 9.82. The molecule has 1 saturated heterocycles. The summed E-state index contributed by atoms with van der Waals surface area (Å²) >= 11 is 0. The van der Waals surface area contributed by atoms with Crippen LogP contribution in [0.4, 0.5) is 5.69 Å². The molecule has 0 spiro atoms. The largest absolute Gasteiger partial charge is 0.476 e. The van der Waals surface area contributed by atoms with Crippen molar-refractivity contribution in [2.24, 2.45) is 0 Å². The molecule has 2 aromatic carbocycles. The van der Waals surface area contributed by atoms with Gasteiger partial charge in [0.15, 0.2) is 6.10 Å². The molecule has 2 heterocycles. The number of morpholine rings is 1. The predicted molar refractivity (Wildman–Crippen MR) is 119 cm³/mol. The summed E-state index contributed by atoms with van der Waals surface area (Å²) in [6.07, 6.45) is -0.654. The van der Waals surface area contributed by atoms with Gasteiger partial charge in [-0.05, 0) is 30.7 Å². The third-order valence-corrected chi connectivity index (χ3v) is 5.69. The van der Waals surface area contributed by atoms with Gasteiger partial charge in [-0.1, -0.05) is 30.3 Å². The van der Waals surface area contributed by atoms with Crippen molar-refractivity contribution in [1.82, 2.24) is 10.2 Å². The van der Waals surface area contributed by atoms with Gasteiger partial charge in [-0.15, -0.1) is 0 Å². The monoisotopic (exact) mass is 437 g/mol. The van der Waals surface area contributed by atoms with Gasteiger partial charge in [0.05, 0.1) is 25.4 Å². The third kappa shape index (κ3) is 4.75. The van der Waals surface area contributed by atoms with Gasteiger partial charge in [-0.3, -0.25) is 14.4 Å². The number of rotatable bonds is 5. The number of amides is 3. The van der Waals surface area contributed by atoms with E-state index in [2.05, 4.69) is 5.32 Å². The molecule has 1 atom stereocenters. The standard InChI is InChI=1S/C24H27N3O5/c1-17-6-2-3-7-18(17)23(29)25-11-10-22(28)27-16-21(24(30)26-12-14-31-15-13-26)32-20-9-5-4-8-19(20)27/h2-9,21H,10-16H2,1H3,(H,25,29)/t21-/m1/s1. The van der Waals surface area contributed by atoms with Crippen molar-refractivity contribution in [2.75, 3.05) is 44.3 Å². The summed E-state index contributed by atoms with van der Waals surface area (Å²) in [6, 6.07) is 14.5. The average molecular weight is 437 g/mol. The molecule has 3 amide bonds. The Morgan fingerprint density at radius 2 is 1.75 bits per heavy atom. The van der Waals surface area contributed by atoms with Crippen LogP contribution in [0.25, 0.3) is 0 Å². The first kappa shape index (κ1) is 21.8. The summed E-state index contributed by atoms with van der Waals surface area (Å²) < 4.78 is 11.3. The van der Waals surface area contributed by atoms with Crippen LogP contribution in [-0.4, -0.2) is 68.1 Å². The molecule has 2 aliphatic rings. The molecule has 2 aromatic rings. The van der Waals surface area contributed by atoms with E-state index in [9.17, 15) is 14.4 Å². The normalized spacial score (nSPS) is 17.8. The van der Waals surface area contributed by atoms with Gasteiger partial charge in [-0.2, -0.15) is 0 Å². The first-order valence-corrected chi connectivity index (χ1v) is 10.8. The number of fused-ring (bicyclic) bond motifs is 1. The molecule has 4 rings (SSSR count). The SMILES string of the molecule is Cc1ccccc1C(=O)NCCC(=O)N1C[C@H](C(=O)N2CCOCC2)Oc2ccccc21. The van der Waals surface area contributed by atoms with Crippen molar-refractivity contribution in [3.05, 3.63) is 59.7 Å². The summed E-state index contributed by atoms with van der Waals surface area (Å²) in [7, 11) is 0. The zero-order chi connectivity index (χ0) is 22.5. The first-order chi connectivity index (χ1) is 15.5. The summed E-state index contributed by atoms with van der Waals surface area (Å²) in [5.41, 5.74) is 2.10. The van der Waals surface area contributed by atoms with Crippen LogP contribution in [0.1, 0.15) is 22.3 Å². The highest BCUT2D eigenvalue weighted by molar-refractivity contribution is 5.98. The number of nitrogens with one attached hydrogen (secondary N) is 1. The fraction of sp³-hybridized carbons (Fsp3) is 0.375. The molecule has 1 fully saturated rings. The van der Waals surface area contributed by atoms with Crippen LogP contribution in [-0.2, 0) is 14.3 Å². The number of aryl methyl sites for hydroxylation is 1. The van der Waals surface area contributed by atoms with Crippen molar-refractivity contribution in [1.29, 1.82) is 0 Å². The van der Waals surface area contributed by atoms with Crippen LogP contribution in [0, 0.1) is 6.92 Å². The van der Waals surface area contributed by atoms with Gasteiger partial charge < -0.3 is 24.6 Å². The minimum Gasteiger partial charge on any atom is -0.476 e. The summed E-state index contributed by atoms with van der Waals surface area (Å²) in [5, 5.41) is 2.81. The summed E-state index contributed by atoms with van der Waals surface area (Å²) in [5.74, 6) is -0.0274. The lowest BCUT2D eigenvalue weighted by molar-refractivity contribution is -0.142. The topological polar surface area (TPSA) is 88.2 Å². The van der Waals surface area contributed by atoms with E-state index in [1.807, 2.05) is 37.3 Å². The quantitative estimate of drug-likeness (QED) is 0.770. The fourth-order valence-corrected chi connectivity index (χ4v) is 3.93. The van der Waals surface area contributed by atoms with Crippen molar-refractivity contribution < 1.29 is 23.9 Å². The Morgan fingerprint density at radius 3 is 2.53 bits per heavy atom. The summed E-state index contributed by atoms with van der Waals surface area (Å²) in [4.78, 5) is 41.8. The van der Waals surface area contributed by atoms with Gasteiger partial charge in [0, 0.05) is 31.6 Å². The second-order valence-electron chi connectivity index (χ2n) is 7.84. The molecular formula is C24H27N3O5. The predicted octanol–water partition coefficient (Wildman–Crippen LogP) is 1.77. The Labute approximate surface area is 187 Å². The maximum atomic E-state index is 13.1. The lowest BCUT2D eigenvalue weighted by Gasteiger charge is -2.37. The molecular weight excluding hydrogens is 410 g/mol. The number of para-hydroxylation sites is 2. The summed E-state index contributed by atoms with van der Waals surface area (Å²) in [6.45, 7) is 4.23. The van der Waals surface area contributed by atoms with Crippen molar-refractivity contribution >= 4 is 23.4 Å². The second-order valence-corrected chi connectivity index (χ2v) is 7.84. The Hall–Kier alpha value is -3.39. The smallest absolute Gasteiger partial charge is 0.265 e. The van der Waals surface area contributed by atoms with E-state index in [1.54, 1.807) is 28.0 Å². The molecule has 8 nitrogen and oxygen atoms in total. The molecule has 32 heavy (non-hydrogen) atoms. The van der Waals surface area contributed by atoms with Gasteiger partial charge in [0.1, 0.15) is 5.75 Å². The van der Waals surface area contributed by atoms with Crippen LogP contribution >= 0.6 is 0 Å². The van der Waals surface area contributed by atoms with E-state index in [0.29, 0.717) is 43.3 Å². The van der Waals surface area contributed by atoms with Gasteiger partial charge in [0.25, 0.3) is 11.8 Å². The third-order valence-electron chi connectivity index (χ3n) is 5.69. The lowest BCUT2D eigenvalue weighted by atomic mass is 10.1.